The van der Waals surface area contributed by atoms with Crippen molar-refractivity contribution in [2.45, 2.75) is 57.8 Å². The van der Waals surface area contributed by atoms with Crippen molar-refractivity contribution in [2.24, 2.45) is 0 Å². The fraction of sp³-hybridized carbons (Fsp3) is 0.650. The van der Waals surface area contributed by atoms with E-state index in [0.717, 1.165) is 25.9 Å². The number of morpholine rings is 1. The van der Waals surface area contributed by atoms with Crippen LogP contribution < -0.4 is 0 Å². The summed E-state index contributed by atoms with van der Waals surface area (Å²) in [4.78, 5) is 17.2. The van der Waals surface area contributed by atoms with E-state index < -0.39 is 0 Å². The number of amides is 1. The average Bonchev–Trinajstić information content (AvgIpc) is 2.60. The molecule has 138 valence electrons. The van der Waals surface area contributed by atoms with E-state index in [0.29, 0.717) is 24.8 Å². The molecule has 0 aromatic heterocycles. The molecule has 2 aliphatic heterocycles. The number of hydrogen-bond acceptors (Lipinski definition) is 4. The van der Waals surface area contributed by atoms with E-state index in [-0.39, 0.29) is 24.2 Å². The summed E-state index contributed by atoms with van der Waals surface area (Å²) < 4.78 is 5.74. The summed E-state index contributed by atoms with van der Waals surface area (Å²) in [6, 6.07) is 7.48. The lowest BCUT2D eigenvalue weighted by molar-refractivity contribution is -0.148. The van der Waals surface area contributed by atoms with Gasteiger partial charge in [0.1, 0.15) is 5.75 Å². The highest BCUT2D eigenvalue weighted by Gasteiger charge is 2.33. The van der Waals surface area contributed by atoms with Crippen LogP contribution in [0.25, 0.3) is 0 Å². The van der Waals surface area contributed by atoms with Crippen LogP contribution >= 0.6 is 0 Å². The van der Waals surface area contributed by atoms with Gasteiger partial charge in [0.05, 0.1) is 18.2 Å². The van der Waals surface area contributed by atoms with Crippen LogP contribution in [0.1, 0.15) is 45.1 Å². The molecule has 0 radical (unpaired) electrons. The first-order chi connectivity index (χ1) is 11.9. The molecule has 2 saturated heterocycles. The normalized spacial score (nSPS) is 27.2. The molecular formula is C20H30N2O3. The van der Waals surface area contributed by atoms with Gasteiger partial charge < -0.3 is 14.7 Å². The second-order valence-corrected chi connectivity index (χ2v) is 7.58. The van der Waals surface area contributed by atoms with Crippen molar-refractivity contribution < 1.29 is 14.6 Å². The number of benzene rings is 1. The van der Waals surface area contributed by atoms with E-state index in [1.54, 1.807) is 12.1 Å². The van der Waals surface area contributed by atoms with Crippen molar-refractivity contribution >= 4 is 5.91 Å². The molecule has 3 atom stereocenters. The summed E-state index contributed by atoms with van der Waals surface area (Å²) in [5.74, 6) is 1.06. The minimum absolute atomic E-state index is 0.0710. The molecule has 0 bridgehead atoms. The summed E-state index contributed by atoms with van der Waals surface area (Å²) in [5, 5.41) is 9.43. The number of aromatic hydroxyl groups is 1. The molecular weight excluding hydrogens is 316 g/mol. The lowest BCUT2D eigenvalue weighted by Gasteiger charge is -2.40. The standard InChI is InChI=1S/C20H30N2O3/c1-14-12-22(13-15(2)25-14)20(24)16(3)21-10-8-18(9-11-21)17-4-6-19(23)7-5-17/h4-7,14-16,18,23H,8-13H2,1-3H3/t14-,15-,16-/m1/s1. The Kier molecular flexibility index (Phi) is 5.64. The highest BCUT2D eigenvalue weighted by molar-refractivity contribution is 5.81. The summed E-state index contributed by atoms with van der Waals surface area (Å²) in [7, 11) is 0. The lowest BCUT2D eigenvalue weighted by atomic mass is 9.89. The third-order valence-corrected chi connectivity index (χ3v) is 5.53. The van der Waals surface area contributed by atoms with E-state index in [9.17, 15) is 9.90 Å². The highest BCUT2D eigenvalue weighted by atomic mass is 16.5. The minimum atomic E-state index is -0.0710. The van der Waals surface area contributed by atoms with Crippen molar-refractivity contribution in [2.75, 3.05) is 26.2 Å². The molecule has 1 N–H and O–H groups in total. The molecule has 0 spiro atoms. The SMILES string of the molecule is C[C@@H]1CN(C(=O)[C@@H](C)N2CCC(c3ccc(O)cc3)CC2)C[C@@H](C)O1. The first-order valence-corrected chi connectivity index (χ1v) is 9.41. The average molecular weight is 346 g/mol. The van der Waals surface area contributed by atoms with Gasteiger partial charge in [-0.2, -0.15) is 0 Å². The molecule has 5 nitrogen and oxygen atoms in total. The predicted octanol–water partition coefficient (Wildman–Crippen LogP) is 2.60. The van der Waals surface area contributed by atoms with Crippen molar-refractivity contribution in [3.8, 4) is 5.75 Å². The maximum Gasteiger partial charge on any atom is 0.239 e. The van der Waals surface area contributed by atoms with E-state index in [2.05, 4.69) is 4.90 Å². The summed E-state index contributed by atoms with van der Waals surface area (Å²) >= 11 is 0. The van der Waals surface area contributed by atoms with E-state index in [1.807, 2.05) is 37.8 Å². The Balaban J connectivity index is 1.55. The molecule has 2 heterocycles. The van der Waals surface area contributed by atoms with Crippen molar-refractivity contribution in [1.82, 2.24) is 9.80 Å². The summed E-state index contributed by atoms with van der Waals surface area (Å²) in [6.07, 6.45) is 2.33. The molecule has 2 aliphatic rings. The summed E-state index contributed by atoms with van der Waals surface area (Å²) in [5.41, 5.74) is 1.28. The van der Waals surface area contributed by atoms with E-state index >= 15 is 0 Å². The molecule has 3 rings (SSSR count). The number of hydrogen-bond donors (Lipinski definition) is 1. The van der Waals surface area contributed by atoms with Crippen LogP contribution in [0.5, 0.6) is 5.75 Å². The van der Waals surface area contributed by atoms with Gasteiger partial charge in [0, 0.05) is 13.1 Å². The fourth-order valence-corrected chi connectivity index (χ4v) is 4.14. The van der Waals surface area contributed by atoms with Crippen LogP contribution in [0.2, 0.25) is 0 Å². The highest BCUT2D eigenvalue weighted by Crippen LogP contribution is 2.30. The molecule has 5 heteroatoms. The molecule has 0 unspecified atom stereocenters. The number of carbonyl (C=O) groups is 1. The molecule has 1 amide bonds. The van der Waals surface area contributed by atoms with Gasteiger partial charge in [-0.15, -0.1) is 0 Å². The maximum atomic E-state index is 12.9. The number of likely N-dealkylation sites (tertiary alicyclic amines) is 1. The number of nitrogens with zero attached hydrogens (tertiary/aromatic N) is 2. The molecule has 0 saturated carbocycles. The Labute approximate surface area is 150 Å². The maximum absolute atomic E-state index is 12.9. The van der Waals surface area contributed by atoms with Crippen molar-refractivity contribution in [1.29, 1.82) is 0 Å². The van der Waals surface area contributed by atoms with Gasteiger partial charge in [0.25, 0.3) is 0 Å². The Bertz CT molecular complexity index is 571. The number of piperidine rings is 1. The molecule has 1 aromatic rings. The summed E-state index contributed by atoms with van der Waals surface area (Å²) in [6.45, 7) is 9.36. The zero-order valence-electron chi connectivity index (χ0n) is 15.5. The Morgan fingerprint density at radius 2 is 1.68 bits per heavy atom. The predicted molar refractivity (Wildman–Crippen MR) is 97.7 cm³/mol. The van der Waals surface area contributed by atoms with Crippen LogP contribution in [0.15, 0.2) is 24.3 Å². The van der Waals surface area contributed by atoms with E-state index in [4.69, 9.17) is 4.74 Å². The van der Waals surface area contributed by atoms with Gasteiger partial charge in [0.2, 0.25) is 5.91 Å². The topological polar surface area (TPSA) is 53.0 Å². The number of rotatable bonds is 3. The Hall–Kier alpha value is -1.59. The Morgan fingerprint density at radius 3 is 2.24 bits per heavy atom. The quantitative estimate of drug-likeness (QED) is 0.914. The number of carbonyl (C=O) groups excluding carboxylic acids is 1. The first kappa shape index (κ1) is 18.2. The largest absolute Gasteiger partial charge is 0.508 e. The van der Waals surface area contributed by atoms with Gasteiger partial charge in [-0.25, -0.2) is 0 Å². The second kappa shape index (κ2) is 7.75. The van der Waals surface area contributed by atoms with Gasteiger partial charge in [-0.3, -0.25) is 9.69 Å². The first-order valence-electron chi connectivity index (χ1n) is 9.41. The van der Waals surface area contributed by atoms with Crippen LogP contribution in [-0.4, -0.2) is 65.2 Å². The van der Waals surface area contributed by atoms with Gasteiger partial charge >= 0.3 is 0 Å². The van der Waals surface area contributed by atoms with Crippen LogP contribution in [-0.2, 0) is 9.53 Å². The second-order valence-electron chi connectivity index (χ2n) is 7.58. The van der Waals surface area contributed by atoms with Gasteiger partial charge in [-0.1, -0.05) is 12.1 Å². The monoisotopic (exact) mass is 346 g/mol. The third kappa shape index (κ3) is 4.33. The lowest BCUT2D eigenvalue weighted by Crippen LogP contribution is -2.55. The van der Waals surface area contributed by atoms with Gasteiger partial charge in [-0.05, 0) is 70.3 Å². The number of phenolic OH excluding ortho intramolecular Hbond substituents is 1. The van der Waals surface area contributed by atoms with Crippen LogP contribution in [0, 0.1) is 0 Å². The smallest absolute Gasteiger partial charge is 0.239 e. The van der Waals surface area contributed by atoms with E-state index in [1.165, 1.54) is 5.56 Å². The number of ether oxygens (including phenoxy) is 1. The molecule has 2 fully saturated rings. The van der Waals surface area contributed by atoms with Crippen LogP contribution in [0.3, 0.4) is 0 Å². The van der Waals surface area contributed by atoms with Crippen LogP contribution in [0.4, 0.5) is 0 Å². The van der Waals surface area contributed by atoms with Crippen molar-refractivity contribution in [3.63, 3.8) is 0 Å². The molecule has 25 heavy (non-hydrogen) atoms. The Morgan fingerprint density at radius 1 is 1.12 bits per heavy atom. The fourth-order valence-electron chi connectivity index (χ4n) is 4.14. The van der Waals surface area contributed by atoms with Gasteiger partial charge in [0.15, 0.2) is 0 Å². The third-order valence-electron chi connectivity index (χ3n) is 5.53. The zero-order valence-corrected chi connectivity index (χ0v) is 15.5. The molecule has 0 aliphatic carbocycles. The zero-order chi connectivity index (χ0) is 18.0. The minimum Gasteiger partial charge on any atom is -0.508 e. The van der Waals surface area contributed by atoms with Crippen molar-refractivity contribution in [3.05, 3.63) is 29.8 Å². The number of phenols is 1. The molecule has 1 aromatic carbocycles.